The summed E-state index contributed by atoms with van der Waals surface area (Å²) in [6.45, 7) is 8.02. The van der Waals surface area contributed by atoms with Crippen LogP contribution in [0.4, 0.5) is 0 Å². The van der Waals surface area contributed by atoms with Crippen LogP contribution in [-0.2, 0) is 6.54 Å². The molecule has 19 heavy (non-hydrogen) atoms. The second-order valence-electron chi connectivity index (χ2n) is 5.41. The molecule has 3 nitrogen and oxygen atoms in total. The first-order chi connectivity index (χ1) is 9.19. The van der Waals surface area contributed by atoms with Crippen LogP contribution in [0, 0.1) is 5.92 Å². The summed E-state index contributed by atoms with van der Waals surface area (Å²) in [6.07, 6.45) is 0. The summed E-state index contributed by atoms with van der Waals surface area (Å²) >= 11 is 0. The Labute approximate surface area is 115 Å². The van der Waals surface area contributed by atoms with Crippen LogP contribution in [0.2, 0.25) is 0 Å². The molecule has 2 rings (SSSR count). The van der Waals surface area contributed by atoms with E-state index >= 15 is 0 Å². The summed E-state index contributed by atoms with van der Waals surface area (Å²) in [5.41, 5.74) is 7.87. The lowest BCUT2D eigenvalue weighted by molar-refractivity contribution is 0.240. The van der Waals surface area contributed by atoms with E-state index in [1.807, 2.05) is 12.1 Å². The molecule has 1 aromatic heterocycles. The lowest BCUT2D eigenvalue weighted by atomic mass is 10.1. The highest BCUT2D eigenvalue weighted by Crippen LogP contribution is 2.13. The molecule has 0 bridgehead atoms. The first-order valence-corrected chi connectivity index (χ1v) is 6.96. The fourth-order valence-corrected chi connectivity index (χ4v) is 2.36. The van der Waals surface area contributed by atoms with Crippen LogP contribution in [-0.4, -0.2) is 29.5 Å². The average Bonchev–Trinajstić information content (AvgIpc) is 2.38. The van der Waals surface area contributed by atoms with Crippen LogP contribution in [0.3, 0.4) is 0 Å². The summed E-state index contributed by atoms with van der Waals surface area (Å²) in [6, 6.07) is 12.5. The minimum Gasteiger partial charge on any atom is -0.329 e. The van der Waals surface area contributed by atoms with Crippen molar-refractivity contribution >= 4 is 10.9 Å². The Morgan fingerprint density at radius 2 is 1.95 bits per heavy atom. The molecule has 0 aliphatic carbocycles. The lowest BCUT2D eigenvalue weighted by Crippen LogP contribution is -2.32. The maximum Gasteiger partial charge on any atom is 0.0705 e. The van der Waals surface area contributed by atoms with Crippen molar-refractivity contribution in [3.05, 3.63) is 42.1 Å². The van der Waals surface area contributed by atoms with Crippen molar-refractivity contribution in [3.8, 4) is 0 Å². The van der Waals surface area contributed by atoms with Crippen molar-refractivity contribution in [2.75, 3.05) is 19.6 Å². The molecule has 102 valence electrons. The molecular formula is C16H23N3. The third-order valence-electron chi connectivity index (χ3n) is 3.11. The fraction of sp³-hybridized carbons (Fsp3) is 0.438. The van der Waals surface area contributed by atoms with Crippen molar-refractivity contribution in [3.63, 3.8) is 0 Å². The normalized spacial score (nSPS) is 11.6. The molecule has 0 aliphatic heterocycles. The summed E-state index contributed by atoms with van der Waals surface area (Å²) in [7, 11) is 0. The van der Waals surface area contributed by atoms with Crippen LogP contribution in [0.5, 0.6) is 0 Å². The van der Waals surface area contributed by atoms with E-state index in [0.29, 0.717) is 12.5 Å². The Bertz CT molecular complexity index is 522. The topological polar surface area (TPSA) is 42.1 Å². The number of hydrogen-bond acceptors (Lipinski definition) is 3. The molecule has 1 heterocycles. The van der Waals surface area contributed by atoms with Gasteiger partial charge < -0.3 is 5.73 Å². The minimum atomic E-state index is 0.645. The Balaban J connectivity index is 2.13. The predicted molar refractivity (Wildman–Crippen MR) is 80.9 cm³/mol. The van der Waals surface area contributed by atoms with Gasteiger partial charge in [-0.25, -0.2) is 0 Å². The molecule has 0 fully saturated rings. The van der Waals surface area contributed by atoms with E-state index in [2.05, 4.69) is 43.0 Å². The fourth-order valence-electron chi connectivity index (χ4n) is 2.36. The summed E-state index contributed by atoms with van der Waals surface area (Å²) in [5, 5.41) is 1.19. The van der Waals surface area contributed by atoms with Gasteiger partial charge in [-0.15, -0.1) is 0 Å². The van der Waals surface area contributed by atoms with Crippen LogP contribution >= 0.6 is 0 Å². The molecule has 2 aromatic rings. The van der Waals surface area contributed by atoms with Crippen molar-refractivity contribution in [1.82, 2.24) is 9.88 Å². The first kappa shape index (κ1) is 14.0. The molecule has 2 N–H and O–H groups in total. The van der Waals surface area contributed by atoms with Crippen LogP contribution in [0.1, 0.15) is 19.5 Å². The largest absolute Gasteiger partial charge is 0.329 e. The smallest absolute Gasteiger partial charge is 0.0705 e. The van der Waals surface area contributed by atoms with Crippen LogP contribution < -0.4 is 5.73 Å². The van der Waals surface area contributed by atoms with E-state index in [-0.39, 0.29) is 0 Å². The Morgan fingerprint density at radius 3 is 2.68 bits per heavy atom. The minimum absolute atomic E-state index is 0.645. The zero-order valence-corrected chi connectivity index (χ0v) is 11.8. The zero-order valence-electron chi connectivity index (χ0n) is 11.8. The molecule has 0 unspecified atom stereocenters. The standard InChI is InChI=1S/C16H23N3/c1-13(2)11-19(10-9-17)12-15-8-7-14-5-3-4-6-16(14)18-15/h3-8,13H,9-12,17H2,1-2H3. The lowest BCUT2D eigenvalue weighted by Gasteiger charge is -2.23. The van der Waals surface area contributed by atoms with E-state index in [9.17, 15) is 0 Å². The van der Waals surface area contributed by atoms with Gasteiger partial charge in [0.2, 0.25) is 0 Å². The summed E-state index contributed by atoms with van der Waals surface area (Å²) < 4.78 is 0. The SMILES string of the molecule is CC(C)CN(CCN)Cc1ccc2ccccc2n1. The highest BCUT2D eigenvalue weighted by atomic mass is 15.1. The maximum absolute atomic E-state index is 5.69. The molecule has 0 atom stereocenters. The van der Waals surface area contributed by atoms with Gasteiger partial charge in [0, 0.05) is 31.6 Å². The number of aromatic nitrogens is 1. The molecule has 0 saturated carbocycles. The summed E-state index contributed by atoms with van der Waals surface area (Å²) in [5.74, 6) is 0.645. The Hall–Kier alpha value is -1.45. The molecule has 3 heteroatoms. The monoisotopic (exact) mass is 257 g/mol. The molecule has 0 saturated heterocycles. The van der Waals surface area contributed by atoms with Crippen LogP contribution in [0.25, 0.3) is 10.9 Å². The molecule has 0 aliphatic rings. The highest BCUT2D eigenvalue weighted by molar-refractivity contribution is 5.78. The van der Waals surface area contributed by atoms with Crippen LogP contribution in [0.15, 0.2) is 36.4 Å². The van der Waals surface area contributed by atoms with E-state index in [0.717, 1.165) is 30.8 Å². The van der Waals surface area contributed by atoms with Gasteiger partial charge in [0.05, 0.1) is 11.2 Å². The van der Waals surface area contributed by atoms with Gasteiger partial charge in [-0.2, -0.15) is 0 Å². The maximum atomic E-state index is 5.69. The molecule has 1 aromatic carbocycles. The van der Waals surface area contributed by atoms with Gasteiger partial charge in [-0.3, -0.25) is 9.88 Å². The van der Waals surface area contributed by atoms with E-state index < -0.39 is 0 Å². The van der Waals surface area contributed by atoms with Gasteiger partial charge in [0.15, 0.2) is 0 Å². The van der Waals surface area contributed by atoms with Gasteiger partial charge >= 0.3 is 0 Å². The van der Waals surface area contributed by atoms with Crippen molar-refractivity contribution < 1.29 is 0 Å². The molecule has 0 spiro atoms. The van der Waals surface area contributed by atoms with Crippen molar-refractivity contribution in [2.45, 2.75) is 20.4 Å². The third-order valence-corrected chi connectivity index (χ3v) is 3.11. The number of hydrogen-bond donors (Lipinski definition) is 1. The molecule has 0 amide bonds. The number of fused-ring (bicyclic) bond motifs is 1. The zero-order chi connectivity index (χ0) is 13.7. The Kier molecular flexibility index (Phi) is 4.88. The number of rotatable bonds is 6. The average molecular weight is 257 g/mol. The third kappa shape index (κ3) is 4.01. The number of nitrogens with two attached hydrogens (primary N) is 1. The second kappa shape index (κ2) is 6.64. The van der Waals surface area contributed by atoms with Crippen molar-refractivity contribution in [2.24, 2.45) is 11.7 Å². The Morgan fingerprint density at radius 1 is 1.16 bits per heavy atom. The number of nitrogens with zero attached hydrogens (tertiary/aromatic N) is 2. The number of benzene rings is 1. The predicted octanol–water partition coefficient (Wildman–Crippen LogP) is 2.65. The number of para-hydroxylation sites is 1. The van der Waals surface area contributed by atoms with E-state index in [1.54, 1.807) is 0 Å². The first-order valence-electron chi connectivity index (χ1n) is 6.96. The molecular weight excluding hydrogens is 234 g/mol. The van der Waals surface area contributed by atoms with Gasteiger partial charge in [0.25, 0.3) is 0 Å². The number of pyridine rings is 1. The quantitative estimate of drug-likeness (QED) is 0.865. The molecule has 0 radical (unpaired) electrons. The second-order valence-corrected chi connectivity index (χ2v) is 5.41. The van der Waals surface area contributed by atoms with Crippen molar-refractivity contribution in [1.29, 1.82) is 0 Å². The van der Waals surface area contributed by atoms with Gasteiger partial charge in [0.1, 0.15) is 0 Å². The van der Waals surface area contributed by atoms with Gasteiger partial charge in [-0.1, -0.05) is 38.1 Å². The van der Waals surface area contributed by atoms with E-state index in [1.165, 1.54) is 5.39 Å². The summed E-state index contributed by atoms with van der Waals surface area (Å²) in [4.78, 5) is 7.10. The highest BCUT2D eigenvalue weighted by Gasteiger charge is 2.08. The van der Waals surface area contributed by atoms with E-state index in [4.69, 9.17) is 10.7 Å². The van der Waals surface area contributed by atoms with Gasteiger partial charge in [-0.05, 0) is 18.1 Å².